The number of para-hydroxylation sites is 1. The molecule has 13 nitrogen and oxygen atoms in total. The molecule has 0 aromatic heterocycles. The first-order valence-corrected chi connectivity index (χ1v) is 21.3. The zero-order chi connectivity index (χ0) is 41.7. The lowest BCUT2D eigenvalue weighted by Gasteiger charge is -2.63. The van der Waals surface area contributed by atoms with Gasteiger partial charge in [0, 0.05) is 79.1 Å². The van der Waals surface area contributed by atoms with Crippen LogP contribution in [0.1, 0.15) is 69.6 Å². The van der Waals surface area contributed by atoms with Gasteiger partial charge in [-0.25, -0.2) is 4.79 Å². The van der Waals surface area contributed by atoms with Crippen molar-refractivity contribution in [2.75, 3.05) is 66.0 Å². The molecule has 2 aromatic rings. The van der Waals surface area contributed by atoms with Crippen LogP contribution in [0.4, 0.5) is 11.4 Å². The molecule has 0 amide bonds. The minimum atomic E-state index is -2.30. The van der Waals surface area contributed by atoms with Gasteiger partial charge in [0.1, 0.15) is 11.2 Å². The van der Waals surface area contributed by atoms with Crippen LogP contribution in [0.2, 0.25) is 0 Å². The fourth-order valence-corrected chi connectivity index (χ4v) is 15.1. The van der Waals surface area contributed by atoms with Crippen LogP contribution in [0.5, 0.6) is 5.75 Å². The Kier molecular flexibility index (Phi) is 8.32. The van der Waals surface area contributed by atoms with E-state index < -0.39 is 62.9 Å². The molecule has 6 fully saturated rings. The highest BCUT2D eigenvalue weighted by atomic mass is 16.6. The summed E-state index contributed by atoms with van der Waals surface area (Å²) in [6.07, 6.45) is 5.47. The largest absolute Gasteiger partial charge is 0.496 e. The number of carbonyl (C=O) groups is 3. The molecule has 2 unspecified atom stereocenters. The average molecular weight is 809 g/mol. The average Bonchev–Trinajstić information content (AvgIpc) is 3.82. The molecule has 7 heterocycles. The summed E-state index contributed by atoms with van der Waals surface area (Å²) in [7, 11) is 6.16. The number of likely N-dealkylation sites (N-methyl/N-ethyl adjacent to an activating group) is 1. The van der Waals surface area contributed by atoms with E-state index in [-0.39, 0.29) is 17.9 Å². The van der Waals surface area contributed by atoms with Crippen LogP contribution in [0.15, 0.2) is 53.5 Å². The van der Waals surface area contributed by atoms with Crippen LogP contribution in [-0.4, -0.2) is 134 Å². The van der Waals surface area contributed by atoms with Gasteiger partial charge in [0.25, 0.3) is 0 Å². The van der Waals surface area contributed by atoms with Gasteiger partial charge in [0.15, 0.2) is 6.10 Å². The predicted octanol–water partition coefficient (Wildman–Crippen LogP) is 3.57. The third kappa shape index (κ3) is 4.35. The monoisotopic (exact) mass is 808 g/mol. The molecule has 4 bridgehead atoms. The lowest BCUT2D eigenvalue weighted by atomic mass is 9.44. The molecule has 0 radical (unpaired) electrons. The molecule has 59 heavy (non-hydrogen) atoms. The number of aliphatic hydroxyl groups is 2. The molecule has 2 spiro atoms. The van der Waals surface area contributed by atoms with Crippen molar-refractivity contribution in [1.82, 2.24) is 9.80 Å². The maximum Gasteiger partial charge on any atom is 0.344 e. The number of esters is 3. The normalized spacial score (nSPS) is 41.8. The second kappa shape index (κ2) is 12.6. The number of carbonyl (C=O) groups excluding carboxylic acids is 3. The number of benzene rings is 2. The molecular weight excluding hydrogens is 753 g/mol. The van der Waals surface area contributed by atoms with E-state index in [0.29, 0.717) is 68.8 Å². The minimum Gasteiger partial charge on any atom is -0.496 e. The first-order valence-electron chi connectivity index (χ1n) is 21.3. The molecule has 11 rings (SSSR count). The van der Waals surface area contributed by atoms with Gasteiger partial charge in [-0.2, -0.15) is 0 Å². The zero-order valence-electron chi connectivity index (χ0n) is 35.1. The first-order chi connectivity index (χ1) is 28.2. The molecule has 2 aromatic carbocycles. The van der Waals surface area contributed by atoms with E-state index in [1.54, 1.807) is 7.11 Å². The summed E-state index contributed by atoms with van der Waals surface area (Å²) in [6, 6.07) is 11.0. The highest BCUT2D eigenvalue weighted by Crippen LogP contribution is 2.70. The SMILES string of the molecule is CC[C@]1(O)CN2CCC34C(=Nc5ccccc53)[C@@](C(=O)OC)(c3cc5c(cc3OC)N(C)[C@H]3[C@@](O)(C(=O)OC)[C@H](OC(C)=O)[C@]6(CC)C=CCN7CC[C@]53[C@@H]76)C[C@H](C2)[C@H]41. The van der Waals surface area contributed by atoms with E-state index in [4.69, 9.17) is 23.9 Å². The van der Waals surface area contributed by atoms with Gasteiger partial charge in [-0.3, -0.25) is 19.5 Å². The molecule has 314 valence electrons. The van der Waals surface area contributed by atoms with E-state index in [1.807, 2.05) is 43.1 Å². The first kappa shape index (κ1) is 38.9. The second-order valence-electron chi connectivity index (χ2n) is 18.7. The van der Waals surface area contributed by atoms with Gasteiger partial charge in [-0.1, -0.05) is 44.2 Å². The fraction of sp³-hybridized carbons (Fsp3) is 0.609. The lowest BCUT2D eigenvalue weighted by Crippen LogP contribution is -2.81. The molecule has 12 atom stereocenters. The van der Waals surface area contributed by atoms with Crippen molar-refractivity contribution < 1.29 is 43.5 Å². The standard InChI is InChI=1S/C46H56N4O9/c1-8-41-15-12-18-50-20-17-44(36(41)50)29-21-30(33(56-5)22-32(29)48(4)37(44)46(55,40(53)58-7)38(41)59-26(3)51)45(39(52)57-6)23-27-24-49-19-16-43(34(27)42(54,9-2)25-49)28-13-10-11-14-31(28)47-35(43)45/h10-15,21-22,27,34,36-38,54-55H,8-9,16-20,23-25H2,1-7H3/t27-,34+,36+,37-,38-,41-,42+,43?,44-,45+,46+/m1/s1. The van der Waals surface area contributed by atoms with E-state index in [0.717, 1.165) is 35.6 Å². The number of methoxy groups -OCH3 is 3. The number of aliphatic imine (C=N–C) groups is 1. The maximum absolute atomic E-state index is 15.3. The van der Waals surface area contributed by atoms with Crippen LogP contribution in [0.25, 0.3) is 0 Å². The predicted molar refractivity (Wildman–Crippen MR) is 218 cm³/mol. The van der Waals surface area contributed by atoms with Crippen molar-refractivity contribution in [1.29, 1.82) is 0 Å². The summed E-state index contributed by atoms with van der Waals surface area (Å²) in [5, 5.41) is 26.0. The molecule has 9 aliphatic rings. The quantitative estimate of drug-likeness (QED) is 0.239. The summed E-state index contributed by atoms with van der Waals surface area (Å²) in [4.78, 5) is 54.9. The number of piperidine rings is 1. The van der Waals surface area contributed by atoms with E-state index >= 15 is 4.79 Å². The summed E-state index contributed by atoms with van der Waals surface area (Å²) in [6.45, 7) is 8.72. The fourth-order valence-electron chi connectivity index (χ4n) is 15.1. The Morgan fingerprint density at radius 3 is 2.39 bits per heavy atom. The second-order valence-corrected chi connectivity index (χ2v) is 18.7. The number of rotatable bonds is 7. The number of hydrogen-bond acceptors (Lipinski definition) is 13. The van der Waals surface area contributed by atoms with Gasteiger partial charge in [-0.05, 0) is 74.4 Å². The van der Waals surface area contributed by atoms with Crippen molar-refractivity contribution in [3.05, 3.63) is 65.2 Å². The number of nitrogens with zero attached hydrogens (tertiary/aromatic N) is 4. The highest BCUT2D eigenvalue weighted by molar-refractivity contribution is 6.21. The Labute approximate surface area is 345 Å². The highest BCUT2D eigenvalue weighted by Gasteiger charge is 2.81. The smallest absolute Gasteiger partial charge is 0.344 e. The molecule has 4 saturated heterocycles. The molecule has 2 N–H and O–H groups in total. The Balaban J connectivity index is 1.27. The number of anilines is 1. The number of ether oxygens (including phenoxy) is 4. The maximum atomic E-state index is 15.3. The molecule has 7 aliphatic heterocycles. The van der Waals surface area contributed by atoms with Crippen molar-refractivity contribution >= 4 is 35.0 Å². The molecule has 13 heteroatoms. The van der Waals surface area contributed by atoms with Gasteiger partial charge >= 0.3 is 17.9 Å². The van der Waals surface area contributed by atoms with Gasteiger partial charge in [0.2, 0.25) is 5.60 Å². The van der Waals surface area contributed by atoms with Crippen molar-refractivity contribution in [3.63, 3.8) is 0 Å². The van der Waals surface area contributed by atoms with E-state index in [1.165, 1.54) is 21.1 Å². The summed E-state index contributed by atoms with van der Waals surface area (Å²) < 4.78 is 23.9. The summed E-state index contributed by atoms with van der Waals surface area (Å²) >= 11 is 0. The topological polar surface area (TPSA) is 151 Å². The van der Waals surface area contributed by atoms with Gasteiger partial charge in [0.05, 0.1) is 44.4 Å². The Bertz CT molecular complexity index is 2250. The van der Waals surface area contributed by atoms with Crippen LogP contribution in [0.3, 0.4) is 0 Å². The van der Waals surface area contributed by atoms with Crippen molar-refractivity contribution in [3.8, 4) is 5.75 Å². The molecular formula is C46H56N4O9. The van der Waals surface area contributed by atoms with Crippen LogP contribution in [0, 0.1) is 17.3 Å². The number of fused-ring (bicyclic) bond motifs is 4. The van der Waals surface area contributed by atoms with E-state index in [9.17, 15) is 19.8 Å². The zero-order valence-corrected chi connectivity index (χ0v) is 35.1. The van der Waals surface area contributed by atoms with Crippen molar-refractivity contribution in [2.45, 2.75) is 98.5 Å². The van der Waals surface area contributed by atoms with E-state index in [2.05, 4.69) is 41.0 Å². The Hall–Kier alpha value is -4.30. The van der Waals surface area contributed by atoms with Crippen LogP contribution < -0.4 is 9.64 Å². The lowest BCUT2D eigenvalue weighted by molar-refractivity contribution is -0.228. The van der Waals surface area contributed by atoms with Crippen LogP contribution >= 0.6 is 0 Å². The third-order valence-corrected chi connectivity index (χ3v) is 16.7. The molecule has 2 saturated carbocycles. The summed E-state index contributed by atoms with van der Waals surface area (Å²) in [5.74, 6) is -1.76. The molecule has 2 aliphatic carbocycles. The third-order valence-electron chi connectivity index (χ3n) is 16.7. The van der Waals surface area contributed by atoms with Crippen molar-refractivity contribution in [2.24, 2.45) is 22.2 Å². The number of hydrogen-bond donors (Lipinski definition) is 2. The Morgan fingerprint density at radius 1 is 0.932 bits per heavy atom. The summed E-state index contributed by atoms with van der Waals surface area (Å²) in [5.41, 5.74) is -2.63. The van der Waals surface area contributed by atoms with Crippen LogP contribution in [-0.2, 0) is 44.8 Å². The van der Waals surface area contributed by atoms with Gasteiger partial charge < -0.3 is 39.0 Å². The Morgan fingerprint density at radius 2 is 1.69 bits per heavy atom. The van der Waals surface area contributed by atoms with Gasteiger partial charge in [-0.15, -0.1) is 0 Å². The minimum absolute atomic E-state index is 0.103.